The number of carbonyl (C=O) groups excluding carboxylic acids is 2. The number of rotatable bonds is 5. The van der Waals surface area contributed by atoms with Crippen molar-refractivity contribution in [3.8, 4) is 0 Å². The monoisotopic (exact) mass is 342 g/mol. The fourth-order valence-corrected chi connectivity index (χ4v) is 2.67. The standard InChI is InChI=1S/C16H18N6O3/c1-2-14(23)17-12-6-4-3-5-11(12)9-15(24)22-7-8-25-10-13(22)16-18-20-21-19-16/h2-6,13H,1,7-10H2,(H,17,23)(H,18,19,20,21). The predicted molar refractivity (Wildman–Crippen MR) is 88.4 cm³/mol. The molecule has 130 valence electrons. The lowest BCUT2D eigenvalue weighted by Gasteiger charge is -2.33. The summed E-state index contributed by atoms with van der Waals surface area (Å²) in [6, 6.07) is 6.79. The van der Waals surface area contributed by atoms with Crippen LogP contribution in [0.3, 0.4) is 0 Å². The summed E-state index contributed by atoms with van der Waals surface area (Å²) in [4.78, 5) is 26.1. The molecular formula is C16H18N6O3. The molecule has 25 heavy (non-hydrogen) atoms. The van der Waals surface area contributed by atoms with Crippen molar-refractivity contribution in [3.05, 3.63) is 48.3 Å². The van der Waals surface area contributed by atoms with Gasteiger partial charge in [-0.1, -0.05) is 30.0 Å². The fourth-order valence-electron chi connectivity index (χ4n) is 2.67. The second-order valence-electron chi connectivity index (χ2n) is 5.48. The zero-order chi connectivity index (χ0) is 17.6. The molecule has 0 saturated carbocycles. The molecule has 1 unspecified atom stereocenters. The molecule has 9 nitrogen and oxygen atoms in total. The summed E-state index contributed by atoms with van der Waals surface area (Å²) in [6.07, 6.45) is 1.33. The first-order chi connectivity index (χ1) is 12.2. The van der Waals surface area contributed by atoms with Gasteiger partial charge in [0.1, 0.15) is 6.04 Å². The first-order valence-electron chi connectivity index (χ1n) is 7.81. The minimum atomic E-state index is -0.380. The molecule has 0 aliphatic carbocycles. The van der Waals surface area contributed by atoms with E-state index in [1.165, 1.54) is 6.08 Å². The van der Waals surface area contributed by atoms with Crippen LogP contribution in [-0.4, -0.2) is 57.1 Å². The number of hydrogen-bond donors (Lipinski definition) is 2. The van der Waals surface area contributed by atoms with Crippen LogP contribution in [0.1, 0.15) is 17.4 Å². The van der Waals surface area contributed by atoms with E-state index in [0.717, 1.165) is 5.56 Å². The van der Waals surface area contributed by atoms with Gasteiger partial charge in [0, 0.05) is 12.2 Å². The van der Waals surface area contributed by atoms with Crippen LogP contribution >= 0.6 is 0 Å². The van der Waals surface area contributed by atoms with Crippen LogP contribution in [0.2, 0.25) is 0 Å². The van der Waals surface area contributed by atoms with Gasteiger partial charge in [0.05, 0.1) is 19.6 Å². The molecule has 0 radical (unpaired) electrons. The number of ether oxygens (including phenoxy) is 1. The van der Waals surface area contributed by atoms with E-state index in [-0.39, 0.29) is 24.3 Å². The Morgan fingerprint density at radius 1 is 1.44 bits per heavy atom. The highest BCUT2D eigenvalue weighted by atomic mass is 16.5. The SMILES string of the molecule is C=CC(=O)Nc1ccccc1CC(=O)N1CCOCC1c1nn[nH]n1. The van der Waals surface area contributed by atoms with Crippen LogP contribution in [0.5, 0.6) is 0 Å². The summed E-state index contributed by atoms with van der Waals surface area (Å²) >= 11 is 0. The van der Waals surface area contributed by atoms with E-state index in [1.807, 2.05) is 6.07 Å². The highest BCUT2D eigenvalue weighted by Crippen LogP contribution is 2.23. The molecule has 0 spiro atoms. The summed E-state index contributed by atoms with van der Waals surface area (Å²) in [5, 5.41) is 16.6. The van der Waals surface area contributed by atoms with Gasteiger partial charge >= 0.3 is 0 Å². The summed E-state index contributed by atoms with van der Waals surface area (Å²) in [7, 11) is 0. The predicted octanol–water partition coefficient (Wildman–Crippen LogP) is 0.467. The van der Waals surface area contributed by atoms with E-state index in [1.54, 1.807) is 23.1 Å². The van der Waals surface area contributed by atoms with Crippen molar-refractivity contribution in [2.45, 2.75) is 12.5 Å². The number of benzene rings is 1. The molecule has 1 atom stereocenters. The van der Waals surface area contributed by atoms with Gasteiger partial charge in [0.15, 0.2) is 5.82 Å². The maximum Gasteiger partial charge on any atom is 0.247 e. The smallest absolute Gasteiger partial charge is 0.247 e. The third-order valence-corrected chi connectivity index (χ3v) is 3.91. The quantitative estimate of drug-likeness (QED) is 0.764. The van der Waals surface area contributed by atoms with Crippen molar-refractivity contribution in [3.63, 3.8) is 0 Å². The zero-order valence-electron chi connectivity index (χ0n) is 13.5. The van der Waals surface area contributed by atoms with Gasteiger partial charge < -0.3 is 15.0 Å². The maximum absolute atomic E-state index is 12.8. The Morgan fingerprint density at radius 2 is 2.28 bits per heavy atom. The molecular weight excluding hydrogens is 324 g/mol. The Bertz CT molecular complexity index is 761. The van der Waals surface area contributed by atoms with Gasteiger partial charge in [0.25, 0.3) is 0 Å². The lowest BCUT2D eigenvalue weighted by molar-refractivity contribution is -0.139. The molecule has 1 aliphatic heterocycles. The van der Waals surface area contributed by atoms with Crippen molar-refractivity contribution in [2.24, 2.45) is 0 Å². The number of hydrogen-bond acceptors (Lipinski definition) is 6. The lowest BCUT2D eigenvalue weighted by Crippen LogP contribution is -2.44. The minimum Gasteiger partial charge on any atom is -0.377 e. The topological polar surface area (TPSA) is 113 Å². The molecule has 1 aliphatic rings. The molecule has 0 bridgehead atoms. The Labute approximate surface area is 144 Å². The molecule has 2 heterocycles. The number of nitrogens with zero attached hydrogens (tertiary/aromatic N) is 4. The first kappa shape index (κ1) is 16.8. The van der Waals surface area contributed by atoms with E-state index >= 15 is 0 Å². The molecule has 2 amide bonds. The maximum atomic E-state index is 12.8. The average Bonchev–Trinajstić information content (AvgIpc) is 3.17. The molecule has 3 rings (SSSR count). The summed E-state index contributed by atoms with van der Waals surface area (Å²) in [5.41, 5.74) is 1.31. The van der Waals surface area contributed by atoms with Crippen LogP contribution in [0.25, 0.3) is 0 Å². The van der Waals surface area contributed by atoms with Crippen molar-refractivity contribution < 1.29 is 14.3 Å². The number of nitrogens with one attached hydrogen (secondary N) is 2. The first-order valence-corrected chi connectivity index (χ1v) is 7.81. The van der Waals surface area contributed by atoms with Crippen LogP contribution in [-0.2, 0) is 20.7 Å². The number of aromatic amines is 1. The number of aromatic nitrogens is 4. The van der Waals surface area contributed by atoms with Crippen LogP contribution < -0.4 is 5.32 Å². The van der Waals surface area contributed by atoms with Crippen molar-refractivity contribution in [2.75, 3.05) is 25.1 Å². The Kier molecular flexibility index (Phi) is 5.14. The molecule has 1 aromatic carbocycles. The number of amides is 2. The lowest BCUT2D eigenvalue weighted by atomic mass is 10.1. The highest BCUT2D eigenvalue weighted by molar-refractivity contribution is 5.99. The van der Waals surface area contributed by atoms with Crippen molar-refractivity contribution in [1.82, 2.24) is 25.5 Å². The van der Waals surface area contributed by atoms with E-state index in [4.69, 9.17) is 4.74 Å². The third-order valence-electron chi connectivity index (χ3n) is 3.91. The molecule has 2 aromatic rings. The van der Waals surface area contributed by atoms with Crippen LogP contribution in [0.15, 0.2) is 36.9 Å². The Hall–Kier alpha value is -3.07. The molecule has 1 fully saturated rings. The number of anilines is 1. The largest absolute Gasteiger partial charge is 0.377 e. The van der Waals surface area contributed by atoms with Gasteiger partial charge in [-0.2, -0.15) is 5.21 Å². The summed E-state index contributed by atoms with van der Waals surface area (Å²) in [5.74, 6) is -0.00403. The fraction of sp³-hybridized carbons (Fsp3) is 0.312. The minimum absolute atomic E-state index is 0.0987. The van der Waals surface area contributed by atoms with E-state index in [0.29, 0.717) is 31.3 Å². The second kappa shape index (κ2) is 7.67. The summed E-state index contributed by atoms with van der Waals surface area (Å²) in [6.45, 7) is 4.65. The molecule has 1 aromatic heterocycles. The number of para-hydroxylation sites is 1. The molecule has 9 heteroatoms. The second-order valence-corrected chi connectivity index (χ2v) is 5.48. The normalized spacial score (nSPS) is 17.1. The average molecular weight is 342 g/mol. The molecule has 1 saturated heterocycles. The third kappa shape index (κ3) is 3.89. The summed E-state index contributed by atoms with van der Waals surface area (Å²) < 4.78 is 5.44. The number of morpholine rings is 1. The van der Waals surface area contributed by atoms with E-state index in [2.05, 4.69) is 32.5 Å². The Balaban J connectivity index is 1.77. The van der Waals surface area contributed by atoms with E-state index in [9.17, 15) is 9.59 Å². The van der Waals surface area contributed by atoms with Crippen LogP contribution in [0, 0.1) is 0 Å². The van der Waals surface area contributed by atoms with Gasteiger partial charge in [-0.05, 0) is 17.7 Å². The number of tetrazole rings is 1. The van der Waals surface area contributed by atoms with Crippen LogP contribution in [0.4, 0.5) is 5.69 Å². The van der Waals surface area contributed by atoms with Gasteiger partial charge in [-0.25, -0.2) is 0 Å². The van der Waals surface area contributed by atoms with Gasteiger partial charge in [0.2, 0.25) is 11.8 Å². The molecule has 2 N–H and O–H groups in total. The van der Waals surface area contributed by atoms with Crippen molar-refractivity contribution in [1.29, 1.82) is 0 Å². The number of carbonyl (C=O) groups is 2. The Morgan fingerprint density at radius 3 is 3.04 bits per heavy atom. The zero-order valence-corrected chi connectivity index (χ0v) is 13.5. The van der Waals surface area contributed by atoms with E-state index < -0.39 is 0 Å². The highest BCUT2D eigenvalue weighted by Gasteiger charge is 2.31. The number of H-pyrrole nitrogens is 1. The van der Waals surface area contributed by atoms with Crippen molar-refractivity contribution >= 4 is 17.5 Å². The van der Waals surface area contributed by atoms with Gasteiger partial charge in [-0.3, -0.25) is 9.59 Å². The van der Waals surface area contributed by atoms with Gasteiger partial charge in [-0.15, -0.1) is 10.2 Å².